The van der Waals surface area contributed by atoms with Gasteiger partial charge in [0.2, 0.25) is 0 Å². The number of para-hydroxylation sites is 1. The Hall–Kier alpha value is -2.20. The van der Waals surface area contributed by atoms with Crippen molar-refractivity contribution in [2.75, 3.05) is 0 Å². The summed E-state index contributed by atoms with van der Waals surface area (Å²) in [7, 11) is 0. The number of carbonyl (C=O) groups excluding carboxylic acids is 1. The minimum Gasteiger partial charge on any atom is -0.451 e. The van der Waals surface area contributed by atoms with E-state index in [0.29, 0.717) is 11.7 Å². The zero-order valence-corrected chi connectivity index (χ0v) is 18.3. The summed E-state index contributed by atoms with van der Waals surface area (Å²) < 4.78 is 6.06. The number of nitrogens with one attached hydrogen (secondary N) is 1. The first-order valence-electron chi connectivity index (χ1n) is 11.1. The summed E-state index contributed by atoms with van der Waals surface area (Å²) >= 11 is 1.82. The number of carbonyl (C=O) groups is 1. The third-order valence-corrected chi connectivity index (χ3v) is 8.09. The van der Waals surface area contributed by atoms with Crippen molar-refractivity contribution in [2.24, 2.45) is 17.8 Å². The first-order chi connectivity index (χ1) is 14.7. The lowest BCUT2D eigenvalue weighted by molar-refractivity contribution is 0.0888. The van der Waals surface area contributed by atoms with Crippen LogP contribution in [0.4, 0.5) is 0 Å². The average molecular weight is 420 g/mol. The molecule has 2 fully saturated rings. The summed E-state index contributed by atoms with van der Waals surface area (Å²) in [6.45, 7) is 2.18. The molecule has 2 bridgehead atoms. The van der Waals surface area contributed by atoms with Crippen LogP contribution in [0.15, 0.2) is 59.0 Å². The zero-order chi connectivity index (χ0) is 20.5. The maximum atomic E-state index is 13.2. The van der Waals surface area contributed by atoms with Crippen LogP contribution in [-0.2, 0) is 11.5 Å². The summed E-state index contributed by atoms with van der Waals surface area (Å²) in [6, 6.07) is 18.7. The molecule has 0 radical (unpaired) electrons. The lowest BCUT2D eigenvalue weighted by atomic mass is 9.84. The second kappa shape index (κ2) is 8.50. The third kappa shape index (κ3) is 3.90. The lowest BCUT2D eigenvalue weighted by Crippen LogP contribution is -2.40. The number of thioether (sulfide) groups is 1. The Labute approximate surface area is 182 Å². The van der Waals surface area contributed by atoms with Crippen LogP contribution in [0.5, 0.6) is 0 Å². The summed E-state index contributed by atoms with van der Waals surface area (Å²) in [5.74, 6) is 4.41. The molecule has 4 atom stereocenters. The van der Waals surface area contributed by atoms with Gasteiger partial charge in [0, 0.05) is 28.5 Å². The molecule has 30 heavy (non-hydrogen) atoms. The van der Waals surface area contributed by atoms with E-state index in [1.54, 1.807) is 0 Å². The highest BCUT2D eigenvalue weighted by atomic mass is 32.2. The Morgan fingerprint density at radius 1 is 1.07 bits per heavy atom. The van der Waals surface area contributed by atoms with E-state index in [1.807, 2.05) is 36.0 Å². The van der Waals surface area contributed by atoms with Crippen molar-refractivity contribution >= 4 is 28.6 Å². The van der Waals surface area contributed by atoms with Gasteiger partial charge in [-0.1, -0.05) is 55.0 Å². The molecule has 1 aromatic heterocycles. The van der Waals surface area contributed by atoms with Crippen molar-refractivity contribution in [1.82, 2.24) is 5.32 Å². The molecule has 1 heterocycles. The summed E-state index contributed by atoms with van der Waals surface area (Å²) in [5, 5.41) is 4.34. The molecule has 1 amide bonds. The van der Waals surface area contributed by atoms with Crippen molar-refractivity contribution in [3.8, 4) is 0 Å². The molecule has 156 valence electrons. The van der Waals surface area contributed by atoms with Crippen LogP contribution in [0.2, 0.25) is 0 Å². The summed E-state index contributed by atoms with van der Waals surface area (Å²) in [6.07, 6.45) is 5.35. The normalized spacial score (nSPS) is 23.7. The molecule has 2 saturated carbocycles. The number of hydrogen-bond acceptors (Lipinski definition) is 3. The highest BCUT2D eigenvalue weighted by Crippen LogP contribution is 2.49. The van der Waals surface area contributed by atoms with Crippen molar-refractivity contribution in [3.63, 3.8) is 0 Å². The number of furan rings is 1. The maximum Gasteiger partial charge on any atom is 0.287 e. The van der Waals surface area contributed by atoms with E-state index in [4.69, 9.17) is 4.42 Å². The van der Waals surface area contributed by atoms with Gasteiger partial charge in [0.15, 0.2) is 5.76 Å². The van der Waals surface area contributed by atoms with Crippen LogP contribution < -0.4 is 5.32 Å². The summed E-state index contributed by atoms with van der Waals surface area (Å²) in [5.41, 5.74) is 3.11. The van der Waals surface area contributed by atoms with E-state index in [2.05, 4.69) is 42.6 Å². The molecule has 0 unspecified atom stereocenters. The molecule has 3 nitrogen and oxygen atoms in total. The Kier molecular flexibility index (Phi) is 5.60. The van der Waals surface area contributed by atoms with Gasteiger partial charge in [0.25, 0.3) is 5.91 Å². The van der Waals surface area contributed by atoms with E-state index in [0.717, 1.165) is 39.9 Å². The fourth-order valence-corrected chi connectivity index (χ4v) is 6.58. The highest BCUT2D eigenvalue weighted by molar-refractivity contribution is 7.97. The topological polar surface area (TPSA) is 42.2 Å². The number of benzene rings is 2. The largest absolute Gasteiger partial charge is 0.451 e. The molecule has 0 saturated heterocycles. The molecular weight excluding hydrogens is 390 g/mol. The molecule has 5 rings (SSSR count). The SMILES string of the molecule is C[C@@H](NC(=O)c1oc2ccccc2c1CSCc1ccccc1)[C@H]1C[C@H]2CC[C@H]1C2. The molecule has 2 aliphatic carbocycles. The minimum absolute atomic E-state index is 0.0585. The van der Waals surface area contributed by atoms with E-state index >= 15 is 0 Å². The van der Waals surface area contributed by atoms with E-state index in [1.165, 1.54) is 31.2 Å². The average Bonchev–Trinajstić information content (AvgIpc) is 3.49. The van der Waals surface area contributed by atoms with Crippen LogP contribution in [0.3, 0.4) is 0 Å². The van der Waals surface area contributed by atoms with Crippen LogP contribution in [0.1, 0.15) is 54.3 Å². The number of fused-ring (bicyclic) bond motifs is 3. The fraction of sp³-hybridized carbons (Fsp3) is 0.423. The number of rotatable bonds is 7. The van der Waals surface area contributed by atoms with Gasteiger partial charge in [-0.3, -0.25) is 4.79 Å². The lowest BCUT2D eigenvalue weighted by Gasteiger charge is -2.28. The smallest absolute Gasteiger partial charge is 0.287 e. The first-order valence-corrected chi connectivity index (χ1v) is 12.3. The van der Waals surface area contributed by atoms with Crippen molar-refractivity contribution in [2.45, 2.75) is 50.2 Å². The van der Waals surface area contributed by atoms with Crippen LogP contribution >= 0.6 is 11.8 Å². The van der Waals surface area contributed by atoms with Crippen molar-refractivity contribution in [1.29, 1.82) is 0 Å². The predicted octanol–water partition coefficient (Wildman–Crippen LogP) is 6.42. The fourth-order valence-electron chi connectivity index (χ4n) is 5.56. The van der Waals surface area contributed by atoms with Gasteiger partial charge in [0.1, 0.15) is 5.58 Å². The van der Waals surface area contributed by atoms with Crippen molar-refractivity contribution < 1.29 is 9.21 Å². The van der Waals surface area contributed by atoms with Crippen LogP contribution in [0, 0.1) is 17.8 Å². The van der Waals surface area contributed by atoms with Gasteiger partial charge in [0.05, 0.1) is 0 Å². The van der Waals surface area contributed by atoms with Gasteiger partial charge in [-0.25, -0.2) is 0 Å². The maximum absolute atomic E-state index is 13.2. The first kappa shape index (κ1) is 19.7. The van der Waals surface area contributed by atoms with Gasteiger partial charge >= 0.3 is 0 Å². The molecule has 4 heteroatoms. The van der Waals surface area contributed by atoms with E-state index in [-0.39, 0.29) is 11.9 Å². The molecule has 0 aliphatic heterocycles. The quantitative estimate of drug-likeness (QED) is 0.480. The highest BCUT2D eigenvalue weighted by Gasteiger charge is 2.42. The van der Waals surface area contributed by atoms with Crippen molar-refractivity contribution in [3.05, 3.63) is 71.5 Å². The molecule has 2 aliphatic rings. The second-order valence-electron chi connectivity index (χ2n) is 8.99. The standard InChI is InChI=1S/C26H29NO2S/c1-17(22-14-19-11-12-20(22)13-19)27-26(28)25-23(21-9-5-6-10-24(21)29-25)16-30-15-18-7-3-2-4-8-18/h2-10,17,19-20,22H,11-16H2,1H3,(H,27,28)/t17-,19+,20+,22-/m1/s1. The van der Waals surface area contributed by atoms with E-state index < -0.39 is 0 Å². The van der Waals surface area contributed by atoms with Gasteiger partial charge in [-0.15, -0.1) is 0 Å². The summed E-state index contributed by atoms with van der Waals surface area (Å²) in [4.78, 5) is 13.2. The van der Waals surface area contributed by atoms with Crippen LogP contribution in [-0.4, -0.2) is 11.9 Å². The Bertz CT molecular complexity index is 1030. The number of hydrogen-bond donors (Lipinski definition) is 1. The Morgan fingerprint density at radius 2 is 1.87 bits per heavy atom. The second-order valence-corrected chi connectivity index (χ2v) is 9.97. The van der Waals surface area contributed by atoms with Crippen LogP contribution in [0.25, 0.3) is 11.0 Å². The Balaban J connectivity index is 1.32. The molecule has 0 spiro atoms. The molecule has 2 aromatic carbocycles. The predicted molar refractivity (Wildman–Crippen MR) is 124 cm³/mol. The number of amides is 1. The molecular formula is C26H29NO2S. The van der Waals surface area contributed by atoms with Gasteiger partial charge < -0.3 is 9.73 Å². The Morgan fingerprint density at radius 3 is 2.63 bits per heavy atom. The van der Waals surface area contributed by atoms with E-state index in [9.17, 15) is 4.79 Å². The van der Waals surface area contributed by atoms with Gasteiger partial charge in [-0.05, 0) is 55.6 Å². The zero-order valence-electron chi connectivity index (χ0n) is 17.5. The molecule has 1 N–H and O–H groups in total. The third-order valence-electron chi connectivity index (χ3n) is 7.06. The monoisotopic (exact) mass is 419 g/mol. The van der Waals surface area contributed by atoms with Gasteiger partial charge in [-0.2, -0.15) is 11.8 Å². The molecule has 3 aromatic rings. The minimum atomic E-state index is -0.0585.